The van der Waals surface area contributed by atoms with E-state index in [4.69, 9.17) is 10.5 Å². The number of hydrogen-bond acceptors (Lipinski definition) is 4. The zero-order chi connectivity index (χ0) is 18.4. The average molecular weight is 353 g/mol. The van der Waals surface area contributed by atoms with Crippen molar-refractivity contribution in [3.63, 3.8) is 0 Å². The largest absolute Gasteiger partial charge is 0.445 e. The monoisotopic (exact) mass is 353 g/mol. The zero-order valence-corrected chi connectivity index (χ0v) is 15.3. The first-order valence-corrected chi connectivity index (χ1v) is 9.12. The molecule has 0 atom stereocenters. The molecule has 138 valence electrons. The molecule has 26 heavy (non-hydrogen) atoms. The third kappa shape index (κ3) is 4.99. The molecule has 0 spiro atoms. The van der Waals surface area contributed by atoms with Gasteiger partial charge in [0.2, 0.25) is 0 Å². The first kappa shape index (κ1) is 18.3. The number of piperidine rings is 1. The van der Waals surface area contributed by atoms with Crippen molar-refractivity contribution in [2.24, 2.45) is 0 Å². The second kappa shape index (κ2) is 8.72. The van der Waals surface area contributed by atoms with Crippen molar-refractivity contribution in [3.05, 3.63) is 65.7 Å². The summed E-state index contributed by atoms with van der Waals surface area (Å²) in [6.45, 7) is 2.70. The fourth-order valence-electron chi connectivity index (χ4n) is 3.34. The second-order valence-corrected chi connectivity index (χ2v) is 6.92. The highest BCUT2D eigenvalue weighted by molar-refractivity contribution is 5.67. The summed E-state index contributed by atoms with van der Waals surface area (Å²) < 4.78 is 5.43. The van der Waals surface area contributed by atoms with Gasteiger partial charge in [-0.05, 0) is 43.1 Å². The van der Waals surface area contributed by atoms with Gasteiger partial charge in [-0.1, -0.05) is 42.5 Å². The summed E-state index contributed by atoms with van der Waals surface area (Å²) in [5, 5.41) is 0. The normalized spacial score (nSPS) is 15.2. The highest BCUT2D eigenvalue weighted by Crippen LogP contribution is 2.19. The van der Waals surface area contributed by atoms with E-state index in [1.165, 1.54) is 5.56 Å². The molecule has 1 heterocycles. The number of rotatable bonds is 5. The van der Waals surface area contributed by atoms with Crippen LogP contribution in [0.4, 0.5) is 10.5 Å². The van der Waals surface area contributed by atoms with Gasteiger partial charge in [0.1, 0.15) is 6.61 Å². The highest BCUT2D eigenvalue weighted by Gasteiger charge is 2.26. The summed E-state index contributed by atoms with van der Waals surface area (Å²) in [5.41, 5.74) is 8.80. The zero-order valence-electron chi connectivity index (χ0n) is 15.3. The van der Waals surface area contributed by atoms with E-state index in [0.29, 0.717) is 12.6 Å². The smallest absolute Gasteiger partial charge is 0.410 e. The van der Waals surface area contributed by atoms with Crippen molar-refractivity contribution < 1.29 is 9.53 Å². The third-order valence-electron chi connectivity index (χ3n) is 4.96. The summed E-state index contributed by atoms with van der Waals surface area (Å²) in [7, 11) is 2.14. The Morgan fingerprint density at radius 1 is 1.08 bits per heavy atom. The number of hydrogen-bond donors (Lipinski definition) is 1. The lowest BCUT2D eigenvalue weighted by Crippen LogP contribution is -2.45. The quantitative estimate of drug-likeness (QED) is 0.836. The van der Waals surface area contributed by atoms with Crippen molar-refractivity contribution in [1.82, 2.24) is 9.80 Å². The van der Waals surface area contributed by atoms with Crippen LogP contribution in [0.1, 0.15) is 24.0 Å². The molecule has 1 aliphatic heterocycles. The molecule has 1 amide bonds. The van der Waals surface area contributed by atoms with E-state index in [-0.39, 0.29) is 6.09 Å². The Morgan fingerprint density at radius 2 is 1.73 bits per heavy atom. The summed E-state index contributed by atoms with van der Waals surface area (Å²) >= 11 is 0. The number of amides is 1. The number of nitrogens with two attached hydrogens (primary N) is 1. The van der Waals surface area contributed by atoms with Crippen molar-refractivity contribution in [1.29, 1.82) is 0 Å². The first-order valence-electron chi connectivity index (χ1n) is 9.12. The van der Waals surface area contributed by atoms with Crippen molar-refractivity contribution >= 4 is 11.8 Å². The van der Waals surface area contributed by atoms with Crippen LogP contribution in [0, 0.1) is 0 Å². The number of anilines is 1. The van der Waals surface area contributed by atoms with E-state index in [9.17, 15) is 4.79 Å². The lowest BCUT2D eigenvalue weighted by Gasteiger charge is -2.36. The third-order valence-corrected chi connectivity index (χ3v) is 4.96. The minimum absolute atomic E-state index is 0.214. The summed E-state index contributed by atoms with van der Waals surface area (Å²) in [4.78, 5) is 16.4. The van der Waals surface area contributed by atoms with Gasteiger partial charge < -0.3 is 15.4 Å². The molecule has 1 fully saturated rings. The van der Waals surface area contributed by atoms with E-state index >= 15 is 0 Å². The lowest BCUT2D eigenvalue weighted by molar-refractivity contribution is 0.0718. The maximum atomic E-state index is 12.2. The van der Waals surface area contributed by atoms with E-state index in [2.05, 4.69) is 24.1 Å². The van der Waals surface area contributed by atoms with Gasteiger partial charge in [0.05, 0.1) is 0 Å². The van der Waals surface area contributed by atoms with Gasteiger partial charge in [-0.15, -0.1) is 0 Å². The van der Waals surface area contributed by atoms with E-state index in [1.54, 1.807) is 0 Å². The Labute approximate surface area is 155 Å². The van der Waals surface area contributed by atoms with Crippen LogP contribution >= 0.6 is 0 Å². The van der Waals surface area contributed by atoms with Crippen LogP contribution in [0.25, 0.3) is 0 Å². The molecule has 0 saturated carbocycles. The molecule has 2 aromatic rings. The van der Waals surface area contributed by atoms with Gasteiger partial charge in [0.15, 0.2) is 0 Å². The molecule has 2 aromatic carbocycles. The molecule has 3 rings (SSSR count). The topological polar surface area (TPSA) is 58.8 Å². The van der Waals surface area contributed by atoms with Crippen LogP contribution in [-0.4, -0.2) is 42.1 Å². The van der Waals surface area contributed by atoms with E-state index in [0.717, 1.165) is 43.7 Å². The van der Waals surface area contributed by atoms with Gasteiger partial charge in [0, 0.05) is 31.4 Å². The number of nitrogens with zero attached hydrogens (tertiary/aromatic N) is 2. The van der Waals surface area contributed by atoms with Crippen LogP contribution in [0.3, 0.4) is 0 Å². The Morgan fingerprint density at radius 3 is 2.38 bits per heavy atom. The molecule has 5 heteroatoms. The Balaban J connectivity index is 1.43. The number of benzene rings is 2. The molecule has 0 aromatic heterocycles. The Kier molecular flexibility index (Phi) is 6.12. The van der Waals surface area contributed by atoms with Crippen LogP contribution in [0.15, 0.2) is 54.6 Å². The predicted octanol–water partition coefficient (Wildman–Crippen LogP) is 3.50. The number of nitrogen functional groups attached to an aromatic ring is 1. The Bertz CT molecular complexity index is 695. The standard InChI is InChI=1S/C21H27N3O2/c1-23(15-17-7-9-19(22)10-8-17)20-11-13-24(14-12-20)21(25)26-16-18-5-3-2-4-6-18/h2-10,20H,11-16,22H2,1H3. The summed E-state index contributed by atoms with van der Waals surface area (Å²) in [5.74, 6) is 0. The second-order valence-electron chi connectivity index (χ2n) is 6.92. The number of likely N-dealkylation sites (tertiary alicyclic amines) is 1. The van der Waals surface area contributed by atoms with Crippen LogP contribution < -0.4 is 5.73 Å². The summed E-state index contributed by atoms with van der Waals surface area (Å²) in [6, 6.07) is 18.3. The fourth-order valence-corrected chi connectivity index (χ4v) is 3.34. The van der Waals surface area contributed by atoms with Gasteiger partial charge in [-0.25, -0.2) is 4.79 Å². The van der Waals surface area contributed by atoms with Crippen molar-refractivity contribution in [2.75, 3.05) is 25.9 Å². The molecular formula is C21H27N3O2. The fraction of sp³-hybridized carbons (Fsp3) is 0.381. The van der Waals surface area contributed by atoms with Crippen LogP contribution in [0.2, 0.25) is 0 Å². The van der Waals surface area contributed by atoms with Gasteiger partial charge in [-0.3, -0.25) is 4.90 Å². The minimum atomic E-state index is -0.214. The van der Waals surface area contributed by atoms with Crippen LogP contribution in [-0.2, 0) is 17.9 Å². The van der Waals surface area contributed by atoms with Gasteiger partial charge in [-0.2, -0.15) is 0 Å². The summed E-state index contributed by atoms with van der Waals surface area (Å²) in [6.07, 6.45) is 1.71. The Hall–Kier alpha value is -2.53. The maximum absolute atomic E-state index is 12.2. The van der Waals surface area contributed by atoms with Crippen LogP contribution in [0.5, 0.6) is 0 Å². The molecule has 5 nitrogen and oxygen atoms in total. The first-order chi connectivity index (χ1) is 12.6. The number of carbonyl (C=O) groups excluding carboxylic acids is 1. The maximum Gasteiger partial charge on any atom is 0.410 e. The molecular weight excluding hydrogens is 326 g/mol. The van der Waals surface area contributed by atoms with Crippen molar-refractivity contribution in [3.8, 4) is 0 Å². The molecule has 1 saturated heterocycles. The number of carbonyl (C=O) groups is 1. The highest BCUT2D eigenvalue weighted by atomic mass is 16.6. The van der Waals surface area contributed by atoms with Gasteiger partial charge in [0.25, 0.3) is 0 Å². The van der Waals surface area contributed by atoms with Crippen molar-refractivity contribution in [2.45, 2.75) is 32.0 Å². The molecule has 0 bridgehead atoms. The lowest BCUT2D eigenvalue weighted by atomic mass is 10.0. The minimum Gasteiger partial charge on any atom is -0.445 e. The number of ether oxygens (including phenoxy) is 1. The predicted molar refractivity (Wildman–Crippen MR) is 104 cm³/mol. The molecule has 1 aliphatic rings. The molecule has 0 unspecified atom stereocenters. The van der Waals surface area contributed by atoms with E-state index in [1.807, 2.05) is 47.4 Å². The average Bonchev–Trinajstić information content (AvgIpc) is 2.69. The molecule has 0 aliphatic carbocycles. The molecule has 2 N–H and O–H groups in total. The van der Waals surface area contributed by atoms with E-state index < -0.39 is 0 Å². The van der Waals surface area contributed by atoms with Gasteiger partial charge >= 0.3 is 6.09 Å². The molecule has 0 radical (unpaired) electrons. The SMILES string of the molecule is CN(Cc1ccc(N)cc1)C1CCN(C(=O)OCc2ccccc2)CC1.